The largest absolute Gasteiger partial charge is 0.463 e. The van der Waals surface area contributed by atoms with E-state index in [9.17, 15) is 9.59 Å². The molecule has 7 heteroatoms. The number of hydrogen-bond donors (Lipinski definition) is 3. The average molecular weight is 424 g/mol. The lowest BCUT2D eigenvalue weighted by Crippen LogP contribution is -3.08. The number of rotatable bonds is 8. The number of likely N-dealkylation sites (N-methyl/N-ethyl adjacent to an activating group) is 1. The molecule has 0 saturated heterocycles. The number of quaternary nitrogens is 1. The van der Waals surface area contributed by atoms with Crippen molar-refractivity contribution in [3.8, 4) is 0 Å². The minimum absolute atomic E-state index is 0.270. The van der Waals surface area contributed by atoms with Crippen LogP contribution in [-0.4, -0.2) is 46.3 Å². The minimum Gasteiger partial charge on any atom is -0.463 e. The standard InChI is InChI=1S/C24H30N4O3/c1-5-31-23(29)21-20(25-24(30)26-22(21)18-9-7-6-8-10-18)16-28(4)15-17-11-13-19(14-12-17)27(2)3/h6-14,22H,5,15-16H2,1-4H3,(H2,25,26,30)/p+1/t22-/m0/s1. The summed E-state index contributed by atoms with van der Waals surface area (Å²) in [7, 11) is 6.07. The fourth-order valence-corrected chi connectivity index (χ4v) is 3.73. The third kappa shape index (κ3) is 5.64. The van der Waals surface area contributed by atoms with Crippen molar-refractivity contribution in [2.45, 2.75) is 19.5 Å². The second-order valence-corrected chi connectivity index (χ2v) is 7.93. The van der Waals surface area contributed by atoms with Gasteiger partial charge in [0.15, 0.2) is 0 Å². The molecule has 2 aromatic carbocycles. The zero-order valence-electron chi connectivity index (χ0n) is 18.6. The Labute approximate surface area is 183 Å². The quantitative estimate of drug-likeness (QED) is 0.565. The Bertz CT molecular complexity index is 939. The van der Waals surface area contributed by atoms with Crippen molar-refractivity contribution >= 4 is 17.7 Å². The Morgan fingerprint density at radius 1 is 1.06 bits per heavy atom. The highest BCUT2D eigenvalue weighted by atomic mass is 16.5. The van der Waals surface area contributed by atoms with Gasteiger partial charge >= 0.3 is 12.0 Å². The maximum Gasteiger partial charge on any atom is 0.338 e. The number of carbonyl (C=O) groups is 2. The van der Waals surface area contributed by atoms with E-state index in [1.165, 1.54) is 5.56 Å². The summed E-state index contributed by atoms with van der Waals surface area (Å²) in [4.78, 5) is 28.5. The molecular weight excluding hydrogens is 392 g/mol. The van der Waals surface area contributed by atoms with E-state index < -0.39 is 12.0 Å². The molecule has 3 rings (SSSR count). The van der Waals surface area contributed by atoms with E-state index in [1.807, 2.05) is 51.5 Å². The van der Waals surface area contributed by atoms with Crippen molar-refractivity contribution in [1.29, 1.82) is 0 Å². The van der Waals surface area contributed by atoms with E-state index in [0.29, 0.717) is 17.8 Å². The van der Waals surface area contributed by atoms with E-state index in [2.05, 4.69) is 39.8 Å². The SMILES string of the molecule is CCOC(=O)C1=C(C[NH+](C)Cc2ccc(N(C)C)cc2)NC(=O)N[C@H]1c1ccccc1. The molecule has 0 bridgehead atoms. The monoisotopic (exact) mass is 423 g/mol. The molecule has 31 heavy (non-hydrogen) atoms. The highest BCUT2D eigenvalue weighted by Crippen LogP contribution is 2.27. The molecule has 0 saturated carbocycles. The highest BCUT2D eigenvalue weighted by Gasteiger charge is 2.34. The number of carbonyl (C=O) groups excluding carboxylic acids is 2. The first-order chi connectivity index (χ1) is 14.9. The Kier molecular flexibility index (Phi) is 7.31. The van der Waals surface area contributed by atoms with Crippen molar-refractivity contribution in [3.05, 3.63) is 77.0 Å². The Morgan fingerprint density at radius 2 is 1.74 bits per heavy atom. The molecule has 0 fully saturated rings. The first kappa shape index (κ1) is 22.4. The number of anilines is 1. The van der Waals surface area contributed by atoms with Crippen molar-refractivity contribution in [2.24, 2.45) is 0 Å². The van der Waals surface area contributed by atoms with Gasteiger partial charge in [-0.1, -0.05) is 42.5 Å². The summed E-state index contributed by atoms with van der Waals surface area (Å²) in [6, 6.07) is 17.0. The summed E-state index contributed by atoms with van der Waals surface area (Å²) in [5, 5.41) is 5.72. The van der Waals surface area contributed by atoms with E-state index in [4.69, 9.17) is 4.74 Å². The van der Waals surface area contributed by atoms with Gasteiger partial charge in [0.1, 0.15) is 13.1 Å². The molecule has 0 spiro atoms. The Hall–Kier alpha value is -3.32. The maximum absolute atomic E-state index is 12.9. The molecule has 0 radical (unpaired) electrons. The Morgan fingerprint density at radius 3 is 2.35 bits per heavy atom. The van der Waals surface area contributed by atoms with Gasteiger partial charge in [-0.05, 0) is 24.6 Å². The smallest absolute Gasteiger partial charge is 0.338 e. The van der Waals surface area contributed by atoms with Crippen LogP contribution in [0.2, 0.25) is 0 Å². The molecule has 2 amide bonds. The predicted molar refractivity (Wildman–Crippen MR) is 121 cm³/mol. The number of esters is 1. The third-order valence-electron chi connectivity index (χ3n) is 5.22. The summed E-state index contributed by atoms with van der Waals surface area (Å²) < 4.78 is 5.33. The van der Waals surface area contributed by atoms with Crippen LogP contribution in [0.1, 0.15) is 24.1 Å². The van der Waals surface area contributed by atoms with E-state index in [1.54, 1.807) is 6.92 Å². The highest BCUT2D eigenvalue weighted by molar-refractivity contribution is 5.95. The topological polar surface area (TPSA) is 75.1 Å². The zero-order chi connectivity index (χ0) is 22.4. The first-order valence-corrected chi connectivity index (χ1v) is 10.5. The predicted octanol–water partition coefficient (Wildman–Crippen LogP) is 1.64. The van der Waals surface area contributed by atoms with Crippen LogP contribution in [-0.2, 0) is 16.1 Å². The van der Waals surface area contributed by atoms with Crippen molar-refractivity contribution in [1.82, 2.24) is 10.6 Å². The summed E-state index contributed by atoms with van der Waals surface area (Å²) >= 11 is 0. The third-order valence-corrected chi connectivity index (χ3v) is 5.22. The number of ether oxygens (including phenoxy) is 1. The molecule has 1 aliphatic heterocycles. The summed E-state index contributed by atoms with van der Waals surface area (Å²) in [5.74, 6) is -0.415. The van der Waals surface area contributed by atoms with Gasteiger partial charge in [-0.15, -0.1) is 0 Å². The molecule has 2 aromatic rings. The van der Waals surface area contributed by atoms with Gasteiger partial charge in [0.25, 0.3) is 0 Å². The number of urea groups is 1. The lowest BCUT2D eigenvalue weighted by Gasteiger charge is -2.30. The molecule has 0 aliphatic carbocycles. The molecule has 164 valence electrons. The van der Waals surface area contributed by atoms with Gasteiger partial charge < -0.3 is 25.2 Å². The molecule has 3 N–H and O–H groups in total. The van der Waals surface area contributed by atoms with Crippen LogP contribution in [0.5, 0.6) is 0 Å². The molecule has 1 unspecified atom stereocenters. The molecular formula is C24H31N4O3+. The Balaban J connectivity index is 1.86. The van der Waals surface area contributed by atoms with Gasteiger partial charge in [-0.2, -0.15) is 0 Å². The molecule has 0 aromatic heterocycles. The maximum atomic E-state index is 12.9. The molecule has 1 aliphatic rings. The number of amides is 2. The number of benzene rings is 2. The number of nitrogens with zero attached hydrogens (tertiary/aromatic N) is 1. The van der Waals surface area contributed by atoms with Gasteiger partial charge in [0.2, 0.25) is 0 Å². The lowest BCUT2D eigenvalue weighted by molar-refractivity contribution is -0.889. The summed E-state index contributed by atoms with van der Waals surface area (Å²) in [5.41, 5.74) is 4.22. The van der Waals surface area contributed by atoms with Crippen molar-refractivity contribution in [3.63, 3.8) is 0 Å². The lowest BCUT2D eigenvalue weighted by atomic mass is 9.95. The molecule has 1 heterocycles. The van der Waals surface area contributed by atoms with E-state index in [-0.39, 0.29) is 12.6 Å². The minimum atomic E-state index is -0.545. The van der Waals surface area contributed by atoms with Crippen LogP contribution in [0, 0.1) is 0 Å². The normalized spacial score (nSPS) is 16.9. The van der Waals surface area contributed by atoms with Gasteiger partial charge in [0.05, 0.1) is 31.0 Å². The molecule has 7 nitrogen and oxygen atoms in total. The van der Waals surface area contributed by atoms with Crippen LogP contribution < -0.4 is 20.4 Å². The van der Waals surface area contributed by atoms with Gasteiger partial charge in [0, 0.05) is 25.3 Å². The fourth-order valence-electron chi connectivity index (χ4n) is 3.73. The number of hydrogen-bond acceptors (Lipinski definition) is 4. The average Bonchev–Trinajstić information content (AvgIpc) is 2.74. The van der Waals surface area contributed by atoms with E-state index >= 15 is 0 Å². The second kappa shape index (κ2) is 10.1. The van der Waals surface area contributed by atoms with E-state index in [0.717, 1.165) is 22.7 Å². The van der Waals surface area contributed by atoms with Gasteiger partial charge in [-0.3, -0.25) is 0 Å². The van der Waals surface area contributed by atoms with Crippen LogP contribution in [0.3, 0.4) is 0 Å². The first-order valence-electron chi connectivity index (χ1n) is 10.5. The number of nitrogens with one attached hydrogen (secondary N) is 3. The fraction of sp³-hybridized carbons (Fsp3) is 0.333. The zero-order valence-corrected chi connectivity index (χ0v) is 18.6. The van der Waals surface area contributed by atoms with Crippen LogP contribution in [0.25, 0.3) is 0 Å². The van der Waals surface area contributed by atoms with Crippen molar-refractivity contribution < 1.29 is 19.2 Å². The summed E-state index contributed by atoms with van der Waals surface area (Å²) in [6.45, 7) is 3.29. The van der Waals surface area contributed by atoms with Crippen molar-refractivity contribution in [2.75, 3.05) is 39.2 Å². The van der Waals surface area contributed by atoms with Crippen LogP contribution in [0.4, 0.5) is 10.5 Å². The second-order valence-electron chi connectivity index (χ2n) is 7.93. The van der Waals surface area contributed by atoms with Crippen LogP contribution >= 0.6 is 0 Å². The molecule has 2 atom stereocenters. The van der Waals surface area contributed by atoms with Gasteiger partial charge in [-0.25, -0.2) is 9.59 Å². The summed E-state index contributed by atoms with van der Waals surface area (Å²) in [6.07, 6.45) is 0. The van der Waals surface area contributed by atoms with Crippen LogP contribution in [0.15, 0.2) is 65.9 Å².